The molecule has 5 heteroatoms. The predicted molar refractivity (Wildman–Crippen MR) is 63.1 cm³/mol. The average Bonchev–Trinajstić information content (AvgIpc) is 2.15. The van der Waals surface area contributed by atoms with E-state index in [4.69, 9.17) is 23.7 Å². The van der Waals surface area contributed by atoms with Gasteiger partial charge in [-0.1, -0.05) is 6.92 Å². The Kier molecular flexibility index (Phi) is 3.64. The van der Waals surface area contributed by atoms with E-state index in [0.717, 1.165) is 18.7 Å². The summed E-state index contributed by atoms with van der Waals surface area (Å²) in [5.74, 6) is 0. The summed E-state index contributed by atoms with van der Waals surface area (Å²) in [6.45, 7) is 2.81. The van der Waals surface area contributed by atoms with Crippen LogP contribution in [0.2, 0.25) is 0 Å². The van der Waals surface area contributed by atoms with Crippen LogP contribution in [0, 0.1) is 0 Å². The fraction of sp³-hybridized carbons (Fsp3) is 0.333. The highest BCUT2D eigenvalue weighted by Crippen LogP contribution is 2.20. The third-order valence-electron chi connectivity index (χ3n) is 1.84. The smallest absolute Gasteiger partial charge is 0.170 e. The van der Waals surface area contributed by atoms with E-state index in [1.165, 1.54) is 0 Å². The van der Waals surface area contributed by atoms with E-state index < -0.39 is 0 Å². The molecule has 0 amide bonds. The molecule has 0 aliphatic heterocycles. The topological polar surface area (TPSA) is 68.2 Å². The van der Waals surface area contributed by atoms with Gasteiger partial charge in [0.15, 0.2) is 5.11 Å². The minimum Gasteiger partial charge on any atom is -0.397 e. The normalized spacial score (nSPS) is 9.79. The monoisotopic (exact) mass is 210 g/mol. The van der Waals surface area contributed by atoms with Crippen LogP contribution in [0.5, 0.6) is 0 Å². The number of nitrogens with two attached hydrogens (primary N) is 2. The van der Waals surface area contributed by atoms with E-state index in [1.54, 1.807) is 23.4 Å². The molecule has 0 unspecified atom stereocenters. The second kappa shape index (κ2) is 4.76. The summed E-state index contributed by atoms with van der Waals surface area (Å²) in [6.07, 6.45) is 4.26. The number of pyridine rings is 1. The van der Waals surface area contributed by atoms with Crippen LogP contribution < -0.4 is 16.4 Å². The van der Waals surface area contributed by atoms with Crippen LogP contribution in [-0.2, 0) is 0 Å². The zero-order valence-corrected chi connectivity index (χ0v) is 8.92. The van der Waals surface area contributed by atoms with E-state index in [9.17, 15) is 0 Å². The van der Waals surface area contributed by atoms with Crippen molar-refractivity contribution in [3.05, 3.63) is 18.5 Å². The lowest BCUT2D eigenvalue weighted by Gasteiger charge is -2.22. The van der Waals surface area contributed by atoms with Gasteiger partial charge in [0.2, 0.25) is 0 Å². The van der Waals surface area contributed by atoms with E-state index in [2.05, 4.69) is 11.9 Å². The number of rotatable bonds is 3. The van der Waals surface area contributed by atoms with Crippen molar-refractivity contribution >= 4 is 28.7 Å². The molecule has 0 saturated heterocycles. The second-order valence-electron chi connectivity index (χ2n) is 2.92. The van der Waals surface area contributed by atoms with Crippen LogP contribution >= 0.6 is 12.2 Å². The predicted octanol–water partition coefficient (Wildman–Crippen LogP) is 1.12. The lowest BCUT2D eigenvalue weighted by Crippen LogP contribution is -2.36. The van der Waals surface area contributed by atoms with Crippen molar-refractivity contribution in [2.75, 3.05) is 17.2 Å². The zero-order chi connectivity index (χ0) is 10.6. The Balaban J connectivity index is 2.99. The first-order valence-corrected chi connectivity index (χ1v) is 4.84. The van der Waals surface area contributed by atoms with Crippen molar-refractivity contribution in [3.63, 3.8) is 0 Å². The molecule has 4 N–H and O–H groups in total. The van der Waals surface area contributed by atoms with Crippen molar-refractivity contribution in [1.29, 1.82) is 0 Å². The summed E-state index contributed by atoms with van der Waals surface area (Å²) in [5.41, 5.74) is 12.8. The van der Waals surface area contributed by atoms with Crippen molar-refractivity contribution in [2.45, 2.75) is 13.3 Å². The Bertz CT molecular complexity index is 326. The standard InChI is InChI=1S/C9H14N4S/c1-2-5-13(9(11)14)8-6-12-4-3-7(8)10/h3-4,6H,2,5H2,1H3,(H2,10,12)(H2,11,14). The van der Waals surface area contributed by atoms with Crippen LogP contribution in [0.25, 0.3) is 0 Å². The molecule has 14 heavy (non-hydrogen) atoms. The summed E-state index contributed by atoms with van der Waals surface area (Å²) < 4.78 is 0. The Morgan fingerprint density at radius 2 is 2.36 bits per heavy atom. The molecular formula is C9H14N4S. The number of nitrogen functional groups attached to an aromatic ring is 1. The minimum absolute atomic E-state index is 0.326. The average molecular weight is 210 g/mol. The first-order valence-electron chi connectivity index (χ1n) is 4.43. The maximum atomic E-state index is 5.79. The van der Waals surface area contributed by atoms with Gasteiger partial charge in [-0.2, -0.15) is 0 Å². The molecule has 0 fully saturated rings. The van der Waals surface area contributed by atoms with Crippen molar-refractivity contribution in [2.24, 2.45) is 5.73 Å². The summed E-state index contributed by atoms with van der Waals surface area (Å²) in [7, 11) is 0. The van der Waals surface area contributed by atoms with Crippen LogP contribution in [-0.4, -0.2) is 16.6 Å². The van der Waals surface area contributed by atoms with E-state index >= 15 is 0 Å². The molecule has 0 radical (unpaired) electrons. The first kappa shape index (κ1) is 10.7. The molecule has 0 saturated carbocycles. The highest BCUT2D eigenvalue weighted by molar-refractivity contribution is 7.80. The van der Waals surface area contributed by atoms with Gasteiger partial charge in [0, 0.05) is 12.7 Å². The number of hydrogen-bond donors (Lipinski definition) is 2. The highest BCUT2D eigenvalue weighted by atomic mass is 32.1. The van der Waals surface area contributed by atoms with E-state index in [1.807, 2.05) is 0 Å². The molecule has 1 aromatic rings. The Morgan fingerprint density at radius 1 is 1.64 bits per heavy atom. The molecule has 1 rings (SSSR count). The Morgan fingerprint density at radius 3 is 2.86 bits per heavy atom. The quantitative estimate of drug-likeness (QED) is 0.732. The zero-order valence-electron chi connectivity index (χ0n) is 8.10. The highest BCUT2D eigenvalue weighted by Gasteiger charge is 2.10. The summed E-state index contributed by atoms with van der Waals surface area (Å²) in [6, 6.07) is 1.73. The summed E-state index contributed by atoms with van der Waals surface area (Å²) >= 11 is 4.94. The number of anilines is 2. The van der Waals surface area contributed by atoms with Gasteiger partial charge in [0.1, 0.15) is 0 Å². The fourth-order valence-corrected chi connectivity index (χ4v) is 1.39. The van der Waals surface area contributed by atoms with Crippen LogP contribution in [0.15, 0.2) is 18.5 Å². The minimum atomic E-state index is 0.326. The van der Waals surface area contributed by atoms with Crippen molar-refractivity contribution in [1.82, 2.24) is 4.98 Å². The van der Waals surface area contributed by atoms with Crippen LogP contribution in [0.3, 0.4) is 0 Å². The van der Waals surface area contributed by atoms with Gasteiger partial charge in [-0.05, 0) is 24.7 Å². The van der Waals surface area contributed by atoms with Crippen LogP contribution in [0.4, 0.5) is 11.4 Å². The van der Waals surface area contributed by atoms with Crippen LogP contribution in [0.1, 0.15) is 13.3 Å². The maximum absolute atomic E-state index is 5.79. The van der Waals surface area contributed by atoms with Crippen molar-refractivity contribution in [3.8, 4) is 0 Å². The molecule has 0 aliphatic carbocycles. The number of nitrogens with zero attached hydrogens (tertiary/aromatic N) is 2. The first-order chi connectivity index (χ1) is 6.66. The van der Waals surface area contributed by atoms with Gasteiger partial charge in [0.25, 0.3) is 0 Å². The lowest BCUT2D eigenvalue weighted by molar-refractivity contribution is 0.903. The molecule has 0 bridgehead atoms. The number of aromatic nitrogens is 1. The molecule has 76 valence electrons. The largest absolute Gasteiger partial charge is 0.397 e. The molecule has 0 atom stereocenters. The second-order valence-corrected chi connectivity index (χ2v) is 3.34. The van der Waals surface area contributed by atoms with Gasteiger partial charge in [-0.25, -0.2) is 0 Å². The molecule has 4 nitrogen and oxygen atoms in total. The summed E-state index contributed by atoms with van der Waals surface area (Å²) in [5, 5.41) is 0.326. The molecule has 0 aromatic carbocycles. The molecule has 0 aliphatic rings. The summed E-state index contributed by atoms with van der Waals surface area (Å²) in [4.78, 5) is 5.78. The number of hydrogen-bond acceptors (Lipinski definition) is 3. The maximum Gasteiger partial charge on any atom is 0.170 e. The van der Waals surface area contributed by atoms with E-state index in [0.29, 0.717) is 10.8 Å². The molecule has 0 spiro atoms. The third kappa shape index (κ3) is 2.32. The van der Waals surface area contributed by atoms with Crippen molar-refractivity contribution < 1.29 is 0 Å². The fourth-order valence-electron chi connectivity index (χ4n) is 1.20. The molecular weight excluding hydrogens is 196 g/mol. The van der Waals surface area contributed by atoms with Gasteiger partial charge >= 0.3 is 0 Å². The van der Waals surface area contributed by atoms with Gasteiger partial charge in [-0.3, -0.25) is 4.98 Å². The Hall–Kier alpha value is -1.36. The molecule has 1 aromatic heterocycles. The number of thiocarbonyl (C=S) groups is 1. The van der Waals surface area contributed by atoms with Gasteiger partial charge in [0.05, 0.1) is 17.6 Å². The van der Waals surface area contributed by atoms with Gasteiger partial charge < -0.3 is 16.4 Å². The molecule has 1 heterocycles. The SMILES string of the molecule is CCCN(C(N)=S)c1cnccc1N. The third-order valence-corrected chi connectivity index (χ3v) is 2.06. The van der Waals surface area contributed by atoms with E-state index in [-0.39, 0.29) is 0 Å². The lowest BCUT2D eigenvalue weighted by atomic mass is 10.3. The van der Waals surface area contributed by atoms with Gasteiger partial charge in [-0.15, -0.1) is 0 Å². The Labute approximate surface area is 88.9 Å².